The molecule has 0 atom stereocenters. The number of ether oxygens (including phenoxy) is 1. The molecule has 3 aromatic rings. The predicted octanol–water partition coefficient (Wildman–Crippen LogP) is 2.13. The van der Waals surface area contributed by atoms with Crippen LogP contribution in [0.15, 0.2) is 48.5 Å². The lowest BCUT2D eigenvalue weighted by atomic mass is 10.2. The van der Waals surface area contributed by atoms with Crippen LogP contribution in [-0.2, 0) is 11.3 Å². The van der Waals surface area contributed by atoms with Gasteiger partial charge in [-0.15, -0.1) is 10.2 Å². The molecule has 0 radical (unpaired) electrons. The summed E-state index contributed by atoms with van der Waals surface area (Å²) in [6.45, 7) is -0.125. The van der Waals surface area contributed by atoms with Crippen molar-refractivity contribution in [2.45, 2.75) is 6.54 Å². The van der Waals surface area contributed by atoms with Crippen LogP contribution in [0.25, 0.3) is 11.4 Å². The van der Waals surface area contributed by atoms with Crippen LogP contribution in [0.1, 0.15) is 0 Å². The lowest BCUT2D eigenvalue weighted by Crippen LogP contribution is -2.20. The number of aromatic nitrogens is 4. The number of hydrogen-bond donors (Lipinski definition) is 1. The Morgan fingerprint density at radius 3 is 2.75 bits per heavy atom. The summed E-state index contributed by atoms with van der Waals surface area (Å²) in [5.74, 6) is 0.324. The number of anilines is 1. The minimum absolute atomic E-state index is 0.125. The van der Waals surface area contributed by atoms with Crippen LogP contribution in [-0.4, -0.2) is 33.2 Å². The second-order valence-corrected chi connectivity index (χ2v) is 4.93. The quantitative estimate of drug-likeness (QED) is 0.776. The lowest BCUT2D eigenvalue weighted by molar-refractivity contribution is -0.117. The van der Waals surface area contributed by atoms with E-state index < -0.39 is 5.82 Å². The largest absolute Gasteiger partial charge is 0.497 e. The molecule has 8 heteroatoms. The topological polar surface area (TPSA) is 81.9 Å². The third kappa shape index (κ3) is 3.72. The minimum atomic E-state index is -0.423. The molecule has 24 heavy (non-hydrogen) atoms. The van der Waals surface area contributed by atoms with Crippen molar-refractivity contribution in [3.63, 3.8) is 0 Å². The molecular weight excluding hydrogens is 313 g/mol. The number of nitrogens with zero attached hydrogens (tertiary/aromatic N) is 4. The molecule has 1 aromatic heterocycles. The Morgan fingerprint density at radius 2 is 2.04 bits per heavy atom. The molecule has 122 valence electrons. The fourth-order valence-electron chi connectivity index (χ4n) is 2.06. The Kier molecular flexibility index (Phi) is 4.46. The number of carbonyl (C=O) groups excluding carboxylic acids is 1. The summed E-state index contributed by atoms with van der Waals surface area (Å²) in [5.41, 5.74) is 1.13. The van der Waals surface area contributed by atoms with Crippen LogP contribution in [0.5, 0.6) is 5.75 Å². The molecule has 2 aromatic carbocycles. The van der Waals surface area contributed by atoms with Crippen molar-refractivity contribution in [1.82, 2.24) is 20.2 Å². The van der Waals surface area contributed by atoms with Crippen molar-refractivity contribution in [2.24, 2.45) is 0 Å². The van der Waals surface area contributed by atoms with Gasteiger partial charge in [-0.2, -0.15) is 4.80 Å². The van der Waals surface area contributed by atoms with Gasteiger partial charge in [-0.3, -0.25) is 4.79 Å². The predicted molar refractivity (Wildman–Crippen MR) is 84.8 cm³/mol. The highest BCUT2D eigenvalue weighted by atomic mass is 19.1. The Morgan fingerprint density at radius 1 is 1.25 bits per heavy atom. The molecule has 0 bridgehead atoms. The van der Waals surface area contributed by atoms with Gasteiger partial charge < -0.3 is 10.1 Å². The number of tetrazole rings is 1. The maximum Gasteiger partial charge on any atom is 0.248 e. The molecule has 0 saturated heterocycles. The van der Waals surface area contributed by atoms with Crippen LogP contribution >= 0.6 is 0 Å². The maximum absolute atomic E-state index is 13.1. The smallest absolute Gasteiger partial charge is 0.248 e. The number of nitrogens with one attached hydrogen (secondary N) is 1. The molecule has 0 saturated carbocycles. The number of hydrogen-bond acceptors (Lipinski definition) is 5. The SMILES string of the molecule is COc1ccc(-c2nnn(CC(=O)Nc3cccc(F)c3)n2)cc1. The molecule has 0 spiro atoms. The lowest BCUT2D eigenvalue weighted by Gasteiger charge is -2.04. The van der Waals surface area contributed by atoms with Gasteiger partial charge in [0.25, 0.3) is 0 Å². The number of rotatable bonds is 5. The van der Waals surface area contributed by atoms with E-state index in [0.717, 1.165) is 11.3 Å². The minimum Gasteiger partial charge on any atom is -0.497 e. The van der Waals surface area contributed by atoms with Crippen molar-refractivity contribution in [3.8, 4) is 17.1 Å². The molecule has 0 aliphatic rings. The normalized spacial score (nSPS) is 10.4. The second kappa shape index (κ2) is 6.86. The van der Waals surface area contributed by atoms with Gasteiger partial charge in [0.05, 0.1) is 7.11 Å². The number of methoxy groups -OCH3 is 1. The Balaban J connectivity index is 1.65. The number of carbonyl (C=O) groups is 1. The van der Waals surface area contributed by atoms with Gasteiger partial charge in [0, 0.05) is 11.3 Å². The van der Waals surface area contributed by atoms with E-state index in [0.29, 0.717) is 11.5 Å². The Bertz CT molecular complexity index is 848. The molecule has 7 nitrogen and oxygen atoms in total. The van der Waals surface area contributed by atoms with E-state index in [1.54, 1.807) is 37.4 Å². The Labute approximate surface area is 137 Å². The second-order valence-electron chi connectivity index (χ2n) is 4.93. The van der Waals surface area contributed by atoms with E-state index in [9.17, 15) is 9.18 Å². The summed E-state index contributed by atoms with van der Waals surface area (Å²) in [5, 5.41) is 14.5. The van der Waals surface area contributed by atoms with Crippen LogP contribution in [0.4, 0.5) is 10.1 Å². The van der Waals surface area contributed by atoms with Crippen LogP contribution in [0.2, 0.25) is 0 Å². The van der Waals surface area contributed by atoms with Crippen molar-refractivity contribution in [1.29, 1.82) is 0 Å². The third-order valence-corrected chi connectivity index (χ3v) is 3.19. The molecule has 3 rings (SSSR count). The van der Waals surface area contributed by atoms with E-state index in [1.807, 2.05) is 0 Å². The fraction of sp³-hybridized carbons (Fsp3) is 0.125. The van der Waals surface area contributed by atoms with Gasteiger partial charge >= 0.3 is 0 Å². The number of amides is 1. The fourth-order valence-corrected chi connectivity index (χ4v) is 2.06. The van der Waals surface area contributed by atoms with Crippen LogP contribution in [0.3, 0.4) is 0 Å². The maximum atomic E-state index is 13.1. The van der Waals surface area contributed by atoms with Gasteiger partial charge in [-0.1, -0.05) is 6.07 Å². The highest BCUT2D eigenvalue weighted by Gasteiger charge is 2.10. The van der Waals surface area contributed by atoms with E-state index in [-0.39, 0.29) is 12.5 Å². The molecule has 1 N–H and O–H groups in total. The summed E-state index contributed by atoms with van der Waals surface area (Å²) >= 11 is 0. The molecule has 1 heterocycles. The summed E-state index contributed by atoms with van der Waals surface area (Å²) in [7, 11) is 1.58. The van der Waals surface area contributed by atoms with E-state index >= 15 is 0 Å². The first kappa shape index (κ1) is 15.6. The van der Waals surface area contributed by atoms with Crippen molar-refractivity contribution < 1.29 is 13.9 Å². The van der Waals surface area contributed by atoms with E-state index in [2.05, 4.69) is 20.7 Å². The van der Waals surface area contributed by atoms with Crippen molar-refractivity contribution >= 4 is 11.6 Å². The van der Waals surface area contributed by atoms with E-state index in [1.165, 1.54) is 23.0 Å². The van der Waals surface area contributed by atoms with Gasteiger partial charge in [-0.05, 0) is 47.7 Å². The average molecular weight is 327 g/mol. The average Bonchev–Trinajstić information content (AvgIpc) is 3.03. The first-order chi connectivity index (χ1) is 11.6. The first-order valence-corrected chi connectivity index (χ1v) is 7.12. The van der Waals surface area contributed by atoms with Gasteiger partial charge in [0.1, 0.15) is 18.1 Å². The monoisotopic (exact) mass is 327 g/mol. The Hall–Kier alpha value is -3.29. The zero-order valence-corrected chi connectivity index (χ0v) is 12.8. The zero-order chi connectivity index (χ0) is 16.9. The number of halogens is 1. The standard InChI is InChI=1S/C16H14FN5O2/c1-24-14-7-5-11(6-8-14)16-19-21-22(20-16)10-15(23)18-13-4-2-3-12(17)9-13/h2-9H,10H2,1H3,(H,18,23). The highest BCUT2D eigenvalue weighted by Crippen LogP contribution is 2.18. The van der Waals surface area contributed by atoms with E-state index in [4.69, 9.17) is 4.74 Å². The van der Waals surface area contributed by atoms with Crippen LogP contribution < -0.4 is 10.1 Å². The third-order valence-electron chi connectivity index (χ3n) is 3.19. The first-order valence-electron chi connectivity index (χ1n) is 7.12. The zero-order valence-electron chi connectivity index (χ0n) is 12.8. The highest BCUT2D eigenvalue weighted by molar-refractivity contribution is 5.90. The van der Waals surface area contributed by atoms with Gasteiger partial charge in [0.2, 0.25) is 11.7 Å². The molecule has 0 unspecified atom stereocenters. The van der Waals surface area contributed by atoms with Gasteiger partial charge in [0.15, 0.2) is 0 Å². The summed E-state index contributed by atoms with van der Waals surface area (Å²) in [6, 6.07) is 12.8. The van der Waals surface area contributed by atoms with Crippen molar-refractivity contribution in [3.05, 3.63) is 54.3 Å². The molecule has 0 aliphatic carbocycles. The van der Waals surface area contributed by atoms with Gasteiger partial charge in [-0.25, -0.2) is 4.39 Å². The van der Waals surface area contributed by atoms with Crippen LogP contribution in [0, 0.1) is 5.82 Å². The summed E-state index contributed by atoms with van der Waals surface area (Å²) < 4.78 is 18.2. The number of benzene rings is 2. The molecular formula is C16H14FN5O2. The molecule has 0 aliphatic heterocycles. The molecule has 1 amide bonds. The summed E-state index contributed by atoms with van der Waals surface area (Å²) in [6.07, 6.45) is 0. The summed E-state index contributed by atoms with van der Waals surface area (Å²) in [4.78, 5) is 13.1. The van der Waals surface area contributed by atoms with Crippen molar-refractivity contribution in [2.75, 3.05) is 12.4 Å². The molecule has 0 fully saturated rings.